The van der Waals surface area contributed by atoms with Crippen LogP contribution in [0.3, 0.4) is 0 Å². The number of anilines is 1. The van der Waals surface area contributed by atoms with E-state index in [1.807, 2.05) is 37.3 Å². The van der Waals surface area contributed by atoms with Crippen molar-refractivity contribution in [1.29, 1.82) is 0 Å². The van der Waals surface area contributed by atoms with E-state index in [0.29, 0.717) is 17.8 Å². The number of hydrogen-bond acceptors (Lipinski definition) is 4. The van der Waals surface area contributed by atoms with Crippen LogP contribution in [-0.2, 0) is 11.2 Å². The van der Waals surface area contributed by atoms with Crippen molar-refractivity contribution in [2.24, 2.45) is 0 Å². The van der Waals surface area contributed by atoms with Crippen LogP contribution in [0.25, 0.3) is 0 Å². The van der Waals surface area contributed by atoms with Gasteiger partial charge < -0.3 is 15.4 Å². The van der Waals surface area contributed by atoms with E-state index in [4.69, 9.17) is 4.74 Å². The fourth-order valence-corrected chi connectivity index (χ4v) is 3.50. The summed E-state index contributed by atoms with van der Waals surface area (Å²) < 4.78 is 5.13. The molecule has 2 N–H and O–H groups in total. The molecule has 0 aromatic heterocycles. The molecule has 0 saturated carbocycles. The Morgan fingerprint density at radius 1 is 1.24 bits per heavy atom. The molecule has 2 aromatic rings. The third kappa shape index (κ3) is 4.14. The van der Waals surface area contributed by atoms with Crippen molar-refractivity contribution in [1.82, 2.24) is 5.32 Å². The van der Waals surface area contributed by atoms with Crippen LogP contribution in [0.5, 0.6) is 5.75 Å². The van der Waals surface area contributed by atoms with Crippen LogP contribution in [0.4, 0.5) is 5.69 Å². The lowest BCUT2D eigenvalue weighted by Crippen LogP contribution is -2.28. The van der Waals surface area contributed by atoms with Gasteiger partial charge in [-0.25, -0.2) is 0 Å². The van der Waals surface area contributed by atoms with Gasteiger partial charge >= 0.3 is 0 Å². The second-order valence-corrected chi connectivity index (χ2v) is 7.20. The summed E-state index contributed by atoms with van der Waals surface area (Å²) >= 11 is 1.50. The molecule has 0 saturated heterocycles. The Kier molecular flexibility index (Phi) is 5.28. The largest absolute Gasteiger partial charge is 0.497 e. The van der Waals surface area contributed by atoms with Crippen LogP contribution < -0.4 is 15.4 Å². The SMILES string of the molecule is COc1ccc(CCNC(=O)c2ccc3c(c2)NC(=O)[C@@H](C)S3)cc1. The zero-order valence-corrected chi connectivity index (χ0v) is 15.0. The maximum Gasteiger partial charge on any atom is 0.251 e. The van der Waals surface area contributed by atoms with Crippen molar-refractivity contribution < 1.29 is 14.3 Å². The van der Waals surface area contributed by atoms with Crippen LogP contribution in [0.15, 0.2) is 47.4 Å². The predicted molar refractivity (Wildman–Crippen MR) is 99.4 cm³/mol. The minimum atomic E-state index is -0.144. The molecule has 6 heteroatoms. The molecule has 1 atom stereocenters. The Hall–Kier alpha value is -2.47. The van der Waals surface area contributed by atoms with Crippen molar-refractivity contribution in [3.8, 4) is 5.75 Å². The molecule has 2 aromatic carbocycles. The lowest BCUT2D eigenvalue weighted by Gasteiger charge is -2.21. The molecule has 0 aliphatic carbocycles. The van der Waals surface area contributed by atoms with Gasteiger partial charge in [0.2, 0.25) is 5.91 Å². The number of fused-ring (bicyclic) bond motifs is 1. The van der Waals surface area contributed by atoms with Crippen LogP contribution in [-0.4, -0.2) is 30.7 Å². The van der Waals surface area contributed by atoms with Gasteiger partial charge in [-0.05, 0) is 49.2 Å². The summed E-state index contributed by atoms with van der Waals surface area (Å²) in [4.78, 5) is 25.1. The number of benzene rings is 2. The van der Waals surface area contributed by atoms with E-state index in [-0.39, 0.29) is 17.1 Å². The molecular weight excluding hydrogens is 336 g/mol. The standard InChI is InChI=1S/C19H20N2O3S/c1-12-18(22)21-16-11-14(5-8-17(16)25-12)19(23)20-10-9-13-3-6-15(24-2)7-4-13/h3-8,11-12H,9-10H2,1-2H3,(H,20,23)(H,21,22)/t12-/m1/s1. The second kappa shape index (κ2) is 7.61. The summed E-state index contributed by atoms with van der Waals surface area (Å²) in [5.41, 5.74) is 2.38. The number of amides is 2. The maximum atomic E-state index is 12.3. The Morgan fingerprint density at radius 2 is 2.00 bits per heavy atom. The molecule has 1 aliphatic heterocycles. The van der Waals surface area contributed by atoms with Gasteiger partial charge in [-0.2, -0.15) is 0 Å². The topological polar surface area (TPSA) is 67.4 Å². The number of rotatable bonds is 5. The summed E-state index contributed by atoms with van der Waals surface area (Å²) in [5.74, 6) is 0.639. The Labute approximate surface area is 151 Å². The zero-order chi connectivity index (χ0) is 17.8. The van der Waals surface area contributed by atoms with Crippen LogP contribution >= 0.6 is 11.8 Å². The molecule has 130 valence electrons. The van der Waals surface area contributed by atoms with Crippen LogP contribution in [0.2, 0.25) is 0 Å². The number of thioether (sulfide) groups is 1. The molecule has 2 amide bonds. The zero-order valence-electron chi connectivity index (χ0n) is 14.2. The maximum absolute atomic E-state index is 12.3. The number of methoxy groups -OCH3 is 1. The van der Waals surface area contributed by atoms with Crippen molar-refractivity contribution in [2.75, 3.05) is 19.0 Å². The highest BCUT2D eigenvalue weighted by Gasteiger charge is 2.23. The number of carbonyl (C=O) groups excluding carboxylic acids is 2. The number of nitrogens with one attached hydrogen (secondary N) is 2. The monoisotopic (exact) mass is 356 g/mol. The highest BCUT2D eigenvalue weighted by atomic mass is 32.2. The third-order valence-corrected chi connectivity index (χ3v) is 5.21. The van der Waals surface area contributed by atoms with E-state index in [1.165, 1.54) is 11.8 Å². The second-order valence-electron chi connectivity index (χ2n) is 5.81. The minimum Gasteiger partial charge on any atom is -0.497 e. The van der Waals surface area contributed by atoms with Crippen molar-refractivity contribution in [2.45, 2.75) is 23.5 Å². The molecule has 0 fully saturated rings. The molecule has 0 radical (unpaired) electrons. The van der Waals surface area contributed by atoms with Gasteiger partial charge in [0.05, 0.1) is 18.0 Å². The Balaban J connectivity index is 1.58. The van der Waals surface area contributed by atoms with Gasteiger partial charge in [0.1, 0.15) is 5.75 Å². The number of hydrogen-bond donors (Lipinski definition) is 2. The first kappa shape index (κ1) is 17.4. The van der Waals surface area contributed by atoms with E-state index in [0.717, 1.165) is 22.6 Å². The normalized spacial score (nSPS) is 15.9. The summed E-state index contributed by atoms with van der Waals surface area (Å²) in [5, 5.41) is 5.64. The van der Waals surface area contributed by atoms with E-state index < -0.39 is 0 Å². The third-order valence-electron chi connectivity index (χ3n) is 4.03. The van der Waals surface area contributed by atoms with Gasteiger partial charge in [0, 0.05) is 17.0 Å². The number of carbonyl (C=O) groups is 2. The summed E-state index contributed by atoms with van der Waals surface area (Å²) in [7, 11) is 1.63. The first-order valence-corrected chi connectivity index (χ1v) is 8.97. The molecule has 1 aliphatic rings. The fourth-order valence-electron chi connectivity index (χ4n) is 2.56. The van der Waals surface area contributed by atoms with Gasteiger partial charge in [0.25, 0.3) is 5.91 Å². The van der Waals surface area contributed by atoms with E-state index in [9.17, 15) is 9.59 Å². The van der Waals surface area contributed by atoms with Gasteiger partial charge in [-0.15, -0.1) is 11.8 Å². The van der Waals surface area contributed by atoms with E-state index in [1.54, 1.807) is 19.2 Å². The fraction of sp³-hybridized carbons (Fsp3) is 0.263. The first-order valence-electron chi connectivity index (χ1n) is 8.09. The lowest BCUT2D eigenvalue weighted by molar-refractivity contribution is -0.115. The quantitative estimate of drug-likeness (QED) is 0.864. The molecule has 1 heterocycles. The Bertz CT molecular complexity index is 790. The average Bonchev–Trinajstić information content (AvgIpc) is 2.63. The van der Waals surface area contributed by atoms with Gasteiger partial charge in [-0.3, -0.25) is 9.59 Å². The predicted octanol–water partition coefficient (Wildman–Crippen LogP) is 3.10. The Morgan fingerprint density at radius 3 is 2.72 bits per heavy atom. The number of ether oxygens (including phenoxy) is 1. The van der Waals surface area contributed by atoms with Crippen molar-refractivity contribution in [3.05, 3.63) is 53.6 Å². The minimum absolute atomic E-state index is 0.0328. The lowest BCUT2D eigenvalue weighted by atomic mass is 10.1. The molecule has 3 rings (SSSR count). The van der Waals surface area contributed by atoms with E-state index in [2.05, 4.69) is 10.6 Å². The first-order chi connectivity index (χ1) is 12.1. The smallest absolute Gasteiger partial charge is 0.251 e. The van der Waals surface area contributed by atoms with Crippen molar-refractivity contribution >= 4 is 29.3 Å². The molecule has 5 nitrogen and oxygen atoms in total. The molecular formula is C19H20N2O3S. The highest BCUT2D eigenvalue weighted by Crippen LogP contribution is 2.35. The van der Waals surface area contributed by atoms with E-state index >= 15 is 0 Å². The average molecular weight is 356 g/mol. The van der Waals surface area contributed by atoms with Crippen LogP contribution in [0.1, 0.15) is 22.8 Å². The van der Waals surface area contributed by atoms with Gasteiger partial charge in [0.15, 0.2) is 0 Å². The van der Waals surface area contributed by atoms with Crippen LogP contribution in [0, 0.1) is 0 Å². The molecule has 0 bridgehead atoms. The highest BCUT2D eigenvalue weighted by molar-refractivity contribution is 8.00. The summed E-state index contributed by atoms with van der Waals surface area (Å²) in [6.45, 7) is 2.41. The van der Waals surface area contributed by atoms with Crippen molar-refractivity contribution in [3.63, 3.8) is 0 Å². The molecule has 0 spiro atoms. The molecule has 0 unspecified atom stereocenters. The van der Waals surface area contributed by atoms with Gasteiger partial charge in [-0.1, -0.05) is 12.1 Å². The summed E-state index contributed by atoms with van der Waals surface area (Å²) in [6, 6.07) is 13.2. The summed E-state index contributed by atoms with van der Waals surface area (Å²) in [6.07, 6.45) is 0.741. The molecule has 25 heavy (non-hydrogen) atoms.